The molecule has 0 bridgehead atoms. The van der Waals surface area contributed by atoms with Crippen LogP contribution in [0.3, 0.4) is 0 Å². The van der Waals surface area contributed by atoms with Gasteiger partial charge in [0.1, 0.15) is 11.3 Å². The van der Waals surface area contributed by atoms with Gasteiger partial charge >= 0.3 is 0 Å². The summed E-state index contributed by atoms with van der Waals surface area (Å²) in [6.07, 6.45) is 1.92. The Morgan fingerprint density at radius 3 is 2.90 bits per heavy atom. The minimum absolute atomic E-state index is 0.0287. The molecule has 1 amide bonds. The third kappa shape index (κ3) is 4.52. The summed E-state index contributed by atoms with van der Waals surface area (Å²) in [5.41, 5.74) is 1.56. The lowest BCUT2D eigenvalue weighted by Crippen LogP contribution is -2.38. The highest BCUT2D eigenvalue weighted by atomic mass is 32.1. The van der Waals surface area contributed by atoms with Gasteiger partial charge in [-0.3, -0.25) is 18.9 Å². The molecule has 8 nitrogen and oxygen atoms in total. The van der Waals surface area contributed by atoms with E-state index in [1.54, 1.807) is 11.3 Å². The predicted octanol–water partition coefficient (Wildman–Crippen LogP) is 1.64. The number of aryl methyl sites for hydroxylation is 2. The van der Waals surface area contributed by atoms with E-state index in [4.69, 9.17) is 4.74 Å². The Labute approximate surface area is 173 Å². The van der Waals surface area contributed by atoms with Crippen LogP contribution in [0.5, 0.6) is 0 Å². The van der Waals surface area contributed by atoms with E-state index >= 15 is 0 Å². The normalized spacial score (nSPS) is 15.3. The Balaban J connectivity index is 1.25. The topological polar surface area (TPSA) is 80.9 Å². The number of ether oxygens (including phenoxy) is 1. The van der Waals surface area contributed by atoms with Crippen LogP contribution in [0, 0.1) is 6.92 Å². The van der Waals surface area contributed by atoms with Crippen LogP contribution < -0.4 is 10.9 Å². The zero-order valence-electron chi connectivity index (χ0n) is 16.7. The number of carbonyl (C=O) groups excluding carboxylic acids is 1. The summed E-state index contributed by atoms with van der Waals surface area (Å²) in [5, 5.41) is 9.44. The lowest BCUT2D eigenvalue weighted by Gasteiger charge is -2.26. The third-order valence-corrected chi connectivity index (χ3v) is 6.17. The van der Waals surface area contributed by atoms with Crippen LogP contribution in [0.15, 0.2) is 22.3 Å². The molecule has 4 heterocycles. The van der Waals surface area contributed by atoms with Crippen molar-refractivity contribution in [2.75, 3.05) is 39.4 Å². The maximum Gasteiger partial charge on any atom is 0.291 e. The summed E-state index contributed by atoms with van der Waals surface area (Å²) in [6, 6.07) is 3.93. The van der Waals surface area contributed by atoms with Crippen molar-refractivity contribution in [3.63, 3.8) is 0 Å². The van der Waals surface area contributed by atoms with Gasteiger partial charge in [-0.2, -0.15) is 5.10 Å². The van der Waals surface area contributed by atoms with Crippen molar-refractivity contribution in [1.29, 1.82) is 0 Å². The summed E-state index contributed by atoms with van der Waals surface area (Å²) < 4.78 is 9.81. The molecule has 156 valence electrons. The van der Waals surface area contributed by atoms with Crippen molar-refractivity contribution in [2.24, 2.45) is 0 Å². The predicted molar refractivity (Wildman–Crippen MR) is 114 cm³/mol. The van der Waals surface area contributed by atoms with Crippen LogP contribution in [-0.2, 0) is 16.1 Å². The number of nitrogens with one attached hydrogen (secondary N) is 1. The number of carbonyl (C=O) groups is 1. The molecule has 9 heteroatoms. The van der Waals surface area contributed by atoms with Gasteiger partial charge in [-0.1, -0.05) is 0 Å². The van der Waals surface area contributed by atoms with Crippen molar-refractivity contribution in [3.05, 3.63) is 33.7 Å². The summed E-state index contributed by atoms with van der Waals surface area (Å²) >= 11 is 1.62. The van der Waals surface area contributed by atoms with Crippen LogP contribution in [-0.4, -0.2) is 64.4 Å². The number of rotatable bonds is 8. The van der Waals surface area contributed by atoms with Crippen LogP contribution in [0.4, 0.5) is 0 Å². The minimum Gasteiger partial charge on any atom is -0.379 e. The van der Waals surface area contributed by atoms with Crippen molar-refractivity contribution >= 4 is 33.0 Å². The molecular weight excluding hydrogens is 390 g/mol. The van der Waals surface area contributed by atoms with Crippen LogP contribution in [0.25, 0.3) is 15.7 Å². The highest BCUT2D eigenvalue weighted by Crippen LogP contribution is 2.24. The van der Waals surface area contributed by atoms with E-state index in [1.165, 1.54) is 4.68 Å². The summed E-state index contributed by atoms with van der Waals surface area (Å²) in [5.74, 6) is 0.807. The number of hydrogen-bond acceptors (Lipinski definition) is 6. The van der Waals surface area contributed by atoms with Gasteiger partial charge in [0.25, 0.3) is 5.56 Å². The number of nitrogens with zero attached hydrogens (tertiary/aromatic N) is 4. The first-order chi connectivity index (χ1) is 14.1. The van der Waals surface area contributed by atoms with Gasteiger partial charge in [-0.05, 0) is 43.8 Å². The molecule has 0 aliphatic carbocycles. The fourth-order valence-electron chi connectivity index (χ4n) is 3.81. The third-order valence-electron chi connectivity index (χ3n) is 5.32. The Kier molecular flexibility index (Phi) is 6.27. The molecule has 0 saturated carbocycles. The number of fused-ring (bicyclic) bond motifs is 3. The smallest absolute Gasteiger partial charge is 0.291 e. The van der Waals surface area contributed by atoms with Gasteiger partial charge in [0.15, 0.2) is 0 Å². The maximum atomic E-state index is 12.8. The molecule has 0 radical (unpaired) electrons. The number of amides is 1. The zero-order valence-corrected chi connectivity index (χ0v) is 17.5. The molecule has 0 spiro atoms. The number of aromatic nitrogens is 3. The molecule has 1 N–H and O–H groups in total. The number of morpholine rings is 1. The molecule has 0 aromatic carbocycles. The van der Waals surface area contributed by atoms with Crippen molar-refractivity contribution in [1.82, 2.24) is 24.4 Å². The van der Waals surface area contributed by atoms with Crippen LogP contribution in [0.1, 0.15) is 25.1 Å². The largest absolute Gasteiger partial charge is 0.379 e. The SMILES string of the molecule is Cc1nn(CCCC(=O)NCCCN2CCOCC2)c(=O)c2cc3sccc3n12. The molecule has 0 atom stereocenters. The first-order valence-corrected chi connectivity index (χ1v) is 11.0. The minimum atomic E-state index is -0.107. The van der Waals surface area contributed by atoms with E-state index in [1.807, 2.05) is 28.8 Å². The van der Waals surface area contributed by atoms with E-state index in [0.29, 0.717) is 31.4 Å². The Hall–Kier alpha value is -2.23. The Bertz CT molecular complexity index is 1050. The number of thiophene rings is 1. The van der Waals surface area contributed by atoms with E-state index in [0.717, 1.165) is 55.3 Å². The van der Waals surface area contributed by atoms with Gasteiger partial charge in [0.2, 0.25) is 5.91 Å². The van der Waals surface area contributed by atoms with Gasteiger partial charge in [-0.15, -0.1) is 11.3 Å². The maximum absolute atomic E-state index is 12.8. The van der Waals surface area contributed by atoms with Gasteiger partial charge in [0.05, 0.1) is 23.4 Å². The molecule has 4 rings (SSSR count). The lowest BCUT2D eigenvalue weighted by molar-refractivity contribution is -0.121. The van der Waals surface area contributed by atoms with Gasteiger partial charge in [0, 0.05) is 32.6 Å². The second kappa shape index (κ2) is 9.06. The van der Waals surface area contributed by atoms with E-state index < -0.39 is 0 Å². The standard InChI is InChI=1S/C20H27N5O3S/c1-15-22-24(20(27)17-14-18-16(25(15)17)5-13-29-18)8-2-4-19(26)21-6-3-7-23-9-11-28-12-10-23/h5,13-14H,2-4,6-12H2,1H3,(H,21,26). The van der Waals surface area contributed by atoms with Crippen molar-refractivity contribution < 1.29 is 9.53 Å². The monoisotopic (exact) mass is 417 g/mol. The fourth-order valence-corrected chi connectivity index (χ4v) is 4.62. The Morgan fingerprint density at radius 1 is 1.24 bits per heavy atom. The summed E-state index contributed by atoms with van der Waals surface area (Å²) in [7, 11) is 0. The highest BCUT2D eigenvalue weighted by Gasteiger charge is 2.13. The van der Waals surface area contributed by atoms with Crippen molar-refractivity contribution in [3.8, 4) is 0 Å². The first-order valence-electron chi connectivity index (χ1n) is 10.2. The van der Waals surface area contributed by atoms with E-state index in [9.17, 15) is 9.59 Å². The molecule has 0 unspecified atom stereocenters. The number of hydrogen-bond donors (Lipinski definition) is 1. The van der Waals surface area contributed by atoms with Crippen molar-refractivity contribution in [2.45, 2.75) is 32.7 Å². The van der Waals surface area contributed by atoms with Gasteiger partial charge in [-0.25, -0.2) is 4.68 Å². The quantitative estimate of drug-likeness (QED) is 0.564. The highest BCUT2D eigenvalue weighted by molar-refractivity contribution is 7.17. The molecular formula is C20H27N5O3S. The van der Waals surface area contributed by atoms with E-state index in [-0.39, 0.29) is 11.5 Å². The molecule has 1 aliphatic rings. The molecule has 1 aliphatic heterocycles. The second-order valence-corrected chi connectivity index (χ2v) is 8.32. The molecule has 3 aromatic heterocycles. The Morgan fingerprint density at radius 2 is 2.07 bits per heavy atom. The van der Waals surface area contributed by atoms with E-state index in [2.05, 4.69) is 15.3 Å². The summed E-state index contributed by atoms with van der Waals surface area (Å²) in [6.45, 7) is 7.55. The molecule has 29 heavy (non-hydrogen) atoms. The fraction of sp³-hybridized carbons (Fsp3) is 0.550. The molecule has 1 saturated heterocycles. The lowest BCUT2D eigenvalue weighted by atomic mass is 10.3. The first kappa shape index (κ1) is 20.1. The zero-order chi connectivity index (χ0) is 20.2. The second-order valence-electron chi connectivity index (χ2n) is 7.37. The van der Waals surface area contributed by atoms with Crippen LogP contribution in [0.2, 0.25) is 0 Å². The van der Waals surface area contributed by atoms with Gasteiger partial charge < -0.3 is 10.1 Å². The molecule has 3 aromatic rings. The summed E-state index contributed by atoms with van der Waals surface area (Å²) in [4.78, 5) is 27.2. The van der Waals surface area contributed by atoms with Crippen LogP contribution >= 0.6 is 11.3 Å². The average molecular weight is 418 g/mol. The molecule has 1 fully saturated rings. The average Bonchev–Trinajstić information content (AvgIpc) is 3.31.